The molecule has 14 N–H and O–H groups in total. The van der Waals surface area contributed by atoms with E-state index in [9.17, 15) is 61.3 Å². The second-order valence-electron chi connectivity index (χ2n) is 8.17. The highest BCUT2D eigenvalue weighted by atomic mass is 35.5. The van der Waals surface area contributed by atoms with Gasteiger partial charge in [0.15, 0.2) is 23.0 Å². The van der Waals surface area contributed by atoms with Crippen molar-refractivity contribution in [3.63, 3.8) is 0 Å². The van der Waals surface area contributed by atoms with Gasteiger partial charge in [-0.05, 0) is 12.8 Å². The van der Waals surface area contributed by atoms with Gasteiger partial charge in [-0.1, -0.05) is 31.9 Å². The molecular formula is C17H27ClN2O12. The van der Waals surface area contributed by atoms with E-state index in [1.54, 1.807) is 0 Å². The second-order valence-corrected chi connectivity index (χ2v) is 8.55. The Kier molecular flexibility index (Phi) is 6.37. The minimum atomic E-state index is -4.54. The molecule has 1 unspecified atom stereocenters. The fourth-order valence-corrected chi connectivity index (χ4v) is 4.45. The van der Waals surface area contributed by atoms with Gasteiger partial charge in [0.05, 0.1) is 5.69 Å². The van der Waals surface area contributed by atoms with Crippen LogP contribution in [0.25, 0.3) is 0 Å². The fraction of sp³-hybridized carbons (Fsp3) is 0.647. The van der Waals surface area contributed by atoms with Gasteiger partial charge in [0.25, 0.3) is 0 Å². The SMILES string of the molecule is CC(C)C(O)(O)C(O)(N(C(O)(O)O)C(O)(O)O)C1(c2c(N)c(O)c(Cl)c(O)c2O)CCC1. The summed E-state index contributed by atoms with van der Waals surface area (Å²) >= 11 is 5.68. The van der Waals surface area contributed by atoms with Crippen LogP contribution in [0.15, 0.2) is 0 Å². The molecule has 1 aliphatic carbocycles. The molecule has 1 fully saturated rings. The number of halogens is 1. The van der Waals surface area contributed by atoms with E-state index in [2.05, 4.69) is 0 Å². The number of aromatic hydroxyl groups is 3. The number of rotatable bonds is 7. The lowest BCUT2D eigenvalue weighted by Gasteiger charge is -2.63. The number of hydrogen-bond acceptors (Lipinski definition) is 14. The molecule has 0 heterocycles. The van der Waals surface area contributed by atoms with Crippen LogP contribution in [0.2, 0.25) is 5.02 Å². The van der Waals surface area contributed by atoms with Crippen LogP contribution in [0.3, 0.4) is 0 Å². The Morgan fingerprint density at radius 3 is 1.59 bits per heavy atom. The molecule has 0 amide bonds. The number of nitrogen functional groups attached to an aromatic ring is 1. The lowest BCUT2D eigenvalue weighted by Crippen LogP contribution is -2.84. The summed E-state index contributed by atoms with van der Waals surface area (Å²) in [4.78, 5) is -1.05. The van der Waals surface area contributed by atoms with Gasteiger partial charge in [0.2, 0.25) is 5.79 Å². The van der Waals surface area contributed by atoms with Crippen LogP contribution in [0.1, 0.15) is 38.7 Å². The van der Waals surface area contributed by atoms with Crippen molar-refractivity contribution < 1.29 is 61.3 Å². The second kappa shape index (κ2) is 7.68. The van der Waals surface area contributed by atoms with E-state index >= 15 is 0 Å². The van der Waals surface area contributed by atoms with Crippen molar-refractivity contribution in [1.29, 1.82) is 0 Å². The zero-order chi connectivity index (χ0) is 25.2. The molecule has 1 aromatic rings. The highest BCUT2D eigenvalue weighted by Gasteiger charge is 2.76. The standard InChI is InChI=1S/C17H27ClN2O12/c1-6(2)14(24,25)15(26,20(16(27,28)29)17(30,31)32)13(4-3-5-13)7-9(19)11(22)8(18)12(23)10(7)21/h6,21-32H,3-5,19H2,1-2H3. The van der Waals surface area contributed by atoms with Gasteiger partial charge in [0.1, 0.15) is 5.02 Å². The Morgan fingerprint density at radius 1 is 0.844 bits per heavy atom. The maximum atomic E-state index is 11.7. The quantitative estimate of drug-likeness (QED) is 0.0789. The van der Waals surface area contributed by atoms with Gasteiger partial charge < -0.3 is 67.0 Å². The van der Waals surface area contributed by atoms with E-state index in [0.717, 1.165) is 13.8 Å². The average Bonchev–Trinajstić information content (AvgIpc) is 2.57. The predicted molar refractivity (Wildman–Crippen MR) is 104 cm³/mol. The van der Waals surface area contributed by atoms with Gasteiger partial charge in [-0.3, -0.25) is 0 Å². The molecular weight excluding hydrogens is 460 g/mol. The Labute approximate surface area is 185 Å². The molecule has 15 heteroatoms. The zero-order valence-electron chi connectivity index (χ0n) is 17.0. The van der Waals surface area contributed by atoms with E-state index in [1.807, 2.05) is 0 Å². The van der Waals surface area contributed by atoms with Gasteiger partial charge in [-0.2, -0.15) is 0 Å². The first-order valence-corrected chi connectivity index (χ1v) is 9.61. The normalized spacial score (nSPS) is 19.2. The van der Waals surface area contributed by atoms with Crippen LogP contribution in [0.4, 0.5) is 5.69 Å². The first-order chi connectivity index (χ1) is 14.2. The zero-order valence-corrected chi connectivity index (χ0v) is 17.7. The smallest absolute Gasteiger partial charge is 0.354 e. The maximum Gasteiger partial charge on any atom is 0.354 e. The summed E-state index contributed by atoms with van der Waals surface area (Å²) < 4.78 is 0. The molecule has 0 aliphatic heterocycles. The number of anilines is 1. The molecule has 32 heavy (non-hydrogen) atoms. The van der Waals surface area contributed by atoms with Crippen LogP contribution < -0.4 is 5.73 Å². The monoisotopic (exact) mass is 486 g/mol. The Hall–Kier alpha value is -1.69. The number of phenolic OH excluding ortho intramolecular Hbond substituents is 3. The van der Waals surface area contributed by atoms with Crippen molar-refractivity contribution in [2.75, 3.05) is 5.73 Å². The number of nitrogens with zero attached hydrogens (tertiary/aromatic N) is 1. The summed E-state index contributed by atoms with van der Waals surface area (Å²) in [5, 5.41) is 122. The van der Waals surface area contributed by atoms with Gasteiger partial charge >= 0.3 is 12.2 Å². The largest absolute Gasteiger partial charge is 0.504 e. The molecule has 0 spiro atoms. The summed E-state index contributed by atoms with van der Waals surface area (Å²) in [5.74, 6) is -8.52. The Balaban J connectivity index is 3.10. The highest BCUT2D eigenvalue weighted by Crippen LogP contribution is 2.64. The van der Waals surface area contributed by atoms with Gasteiger partial charge in [0, 0.05) is 16.9 Å². The van der Waals surface area contributed by atoms with Crippen molar-refractivity contribution in [2.24, 2.45) is 5.92 Å². The lowest BCUT2D eigenvalue weighted by molar-refractivity contribution is -0.575. The van der Waals surface area contributed by atoms with Crippen LogP contribution in [0.5, 0.6) is 17.2 Å². The van der Waals surface area contributed by atoms with Crippen LogP contribution >= 0.6 is 11.6 Å². The third-order valence-electron chi connectivity index (χ3n) is 6.00. The fourth-order valence-electron chi connectivity index (χ4n) is 4.26. The van der Waals surface area contributed by atoms with Gasteiger partial charge in [-0.25, -0.2) is 0 Å². The third-order valence-corrected chi connectivity index (χ3v) is 6.35. The van der Waals surface area contributed by atoms with E-state index in [0.29, 0.717) is 0 Å². The van der Waals surface area contributed by atoms with E-state index in [4.69, 9.17) is 17.3 Å². The molecule has 0 bridgehead atoms. The molecule has 1 saturated carbocycles. The third kappa shape index (κ3) is 3.44. The molecule has 0 radical (unpaired) electrons. The van der Waals surface area contributed by atoms with Crippen LogP contribution in [0, 0.1) is 5.92 Å². The van der Waals surface area contributed by atoms with E-state index < -0.39 is 86.3 Å². The van der Waals surface area contributed by atoms with Crippen molar-refractivity contribution >= 4 is 17.3 Å². The number of phenols is 3. The molecule has 0 saturated heterocycles. The van der Waals surface area contributed by atoms with Crippen molar-refractivity contribution in [3.05, 3.63) is 10.6 Å². The van der Waals surface area contributed by atoms with E-state index in [1.165, 1.54) is 0 Å². The van der Waals surface area contributed by atoms with E-state index in [-0.39, 0.29) is 6.42 Å². The predicted octanol–water partition coefficient (Wildman–Crippen LogP) is -3.04. The maximum absolute atomic E-state index is 11.7. The summed E-state index contributed by atoms with van der Waals surface area (Å²) in [6.07, 6.45) is -9.90. The lowest BCUT2D eigenvalue weighted by atomic mass is 9.54. The molecule has 1 aliphatic rings. The highest BCUT2D eigenvalue weighted by molar-refractivity contribution is 6.34. The summed E-state index contributed by atoms with van der Waals surface area (Å²) in [6, 6.07) is 0. The summed E-state index contributed by atoms with van der Waals surface area (Å²) in [5.41, 5.74) is -2.24. The van der Waals surface area contributed by atoms with Crippen molar-refractivity contribution in [3.8, 4) is 17.2 Å². The first kappa shape index (κ1) is 26.6. The van der Waals surface area contributed by atoms with Gasteiger partial charge in [-0.15, -0.1) is 4.90 Å². The molecule has 1 aromatic carbocycles. The number of aliphatic hydroxyl groups is 9. The number of hydrogen-bond donors (Lipinski definition) is 13. The summed E-state index contributed by atoms with van der Waals surface area (Å²) in [7, 11) is 0. The average molecular weight is 487 g/mol. The molecule has 2 rings (SSSR count). The minimum absolute atomic E-state index is 0.0952. The van der Waals surface area contributed by atoms with Crippen molar-refractivity contribution in [1.82, 2.24) is 4.90 Å². The van der Waals surface area contributed by atoms with Crippen LogP contribution in [-0.2, 0) is 5.41 Å². The number of benzene rings is 1. The van der Waals surface area contributed by atoms with Crippen LogP contribution in [-0.4, -0.2) is 89.9 Å². The molecule has 184 valence electrons. The molecule has 1 atom stereocenters. The summed E-state index contributed by atoms with van der Waals surface area (Å²) in [6.45, 7) is 2.16. The first-order valence-electron chi connectivity index (χ1n) is 9.23. The number of nitrogens with two attached hydrogens (primary N) is 1. The Morgan fingerprint density at radius 2 is 1.28 bits per heavy atom. The Bertz CT molecular complexity index is 848. The van der Waals surface area contributed by atoms with Crippen molar-refractivity contribution in [2.45, 2.75) is 62.2 Å². The minimum Gasteiger partial charge on any atom is -0.504 e. The molecule has 14 nitrogen and oxygen atoms in total. The topological polar surface area (TPSA) is 272 Å². The molecule has 0 aromatic heterocycles.